The van der Waals surface area contributed by atoms with Crippen LogP contribution >= 0.6 is 0 Å². The number of nitrogens with one attached hydrogen (secondary N) is 1. The molecule has 0 aromatic heterocycles. The molecule has 18 heavy (non-hydrogen) atoms. The number of likely N-dealkylation sites (N-methyl/N-ethyl adjacent to an activating group) is 1. The number of likely N-dealkylation sites (tertiary alicyclic amines) is 1. The molecule has 0 aromatic carbocycles. The Hall–Kier alpha value is -0.170. The Balaban J connectivity index is 1.76. The quantitative estimate of drug-likeness (QED) is 0.793. The van der Waals surface area contributed by atoms with Crippen molar-refractivity contribution in [1.82, 2.24) is 14.5 Å². The van der Waals surface area contributed by atoms with Crippen LogP contribution in [0.3, 0.4) is 0 Å². The Kier molecular flexibility index (Phi) is 4.64. The molecule has 0 radical (unpaired) electrons. The van der Waals surface area contributed by atoms with Gasteiger partial charge in [0.2, 0.25) is 10.0 Å². The third-order valence-corrected chi connectivity index (χ3v) is 5.32. The first kappa shape index (κ1) is 14.2. The van der Waals surface area contributed by atoms with Crippen LogP contribution in [-0.2, 0) is 10.0 Å². The van der Waals surface area contributed by atoms with Gasteiger partial charge < -0.3 is 10.2 Å². The maximum absolute atomic E-state index is 11.4. The third kappa shape index (κ3) is 3.91. The highest BCUT2D eigenvalue weighted by molar-refractivity contribution is 7.88. The zero-order valence-corrected chi connectivity index (χ0v) is 12.2. The van der Waals surface area contributed by atoms with Crippen LogP contribution in [0, 0.1) is 0 Å². The van der Waals surface area contributed by atoms with Gasteiger partial charge in [0.05, 0.1) is 6.26 Å². The van der Waals surface area contributed by atoms with Crippen molar-refractivity contribution in [2.75, 3.05) is 39.5 Å². The minimum absolute atomic E-state index is 0.486. The van der Waals surface area contributed by atoms with Crippen molar-refractivity contribution in [1.29, 1.82) is 0 Å². The maximum Gasteiger partial charge on any atom is 0.211 e. The van der Waals surface area contributed by atoms with Gasteiger partial charge in [-0.05, 0) is 39.3 Å². The van der Waals surface area contributed by atoms with E-state index in [1.54, 1.807) is 4.31 Å². The van der Waals surface area contributed by atoms with Crippen LogP contribution in [0.25, 0.3) is 0 Å². The predicted octanol–water partition coefficient (Wildman–Crippen LogP) is 0.0942. The summed E-state index contributed by atoms with van der Waals surface area (Å²) in [5.74, 6) is 0. The van der Waals surface area contributed by atoms with E-state index < -0.39 is 10.0 Å². The topological polar surface area (TPSA) is 52.6 Å². The average Bonchev–Trinajstić information content (AvgIpc) is 2.28. The highest BCUT2D eigenvalue weighted by Crippen LogP contribution is 2.16. The smallest absolute Gasteiger partial charge is 0.211 e. The number of rotatable bonds is 3. The summed E-state index contributed by atoms with van der Waals surface area (Å²) in [6.45, 7) is 3.65. The van der Waals surface area contributed by atoms with Gasteiger partial charge in [-0.2, -0.15) is 0 Å². The van der Waals surface area contributed by atoms with E-state index in [1.165, 1.54) is 25.6 Å². The summed E-state index contributed by atoms with van der Waals surface area (Å²) >= 11 is 0. The molecule has 0 spiro atoms. The van der Waals surface area contributed by atoms with E-state index in [1.807, 2.05) is 0 Å². The molecular weight excluding hydrogens is 250 g/mol. The minimum Gasteiger partial charge on any atom is -0.310 e. The van der Waals surface area contributed by atoms with Crippen LogP contribution in [0.4, 0.5) is 0 Å². The van der Waals surface area contributed by atoms with Gasteiger partial charge in [-0.1, -0.05) is 0 Å². The SMILES string of the molecule is CN1CCCC(NC2CCN(S(C)(=O)=O)CC2)C1. The number of nitrogens with zero attached hydrogens (tertiary/aromatic N) is 2. The second-order valence-corrected chi connectivity index (χ2v) is 7.69. The second-order valence-electron chi connectivity index (χ2n) is 5.70. The number of hydrogen-bond donors (Lipinski definition) is 1. The molecular formula is C12H25N3O2S. The van der Waals surface area contributed by atoms with Gasteiger partial charge in [-0.15, -0.1) is 0 Å². The molecule has 1 unspecified atom stereocenters. The molecule has 2 aliphatic heterocycles. The van der Waals surface area contributed by atoms with Crippen molar-refractivity contribution in [2.24, 2.45) is 0 Å². The summed E-state index contributed by atoms with van der Waals surface area (Å²) in [5, 5.41) is 3.70. The van der Waals surface area contributed by atoms with Crippen molar-refractivity contribution >= 4 is 10.0 Å². The van der Waals surface area contributed by atoms with E-state index in [9.17, 15) is 8.42 Å². The molecule has 2 saturated heterocycles. The van der Waals surface area contributed by atoms with E-state index >= 15 is 0 Å². The summed E-state index contributed by atoms with van der Waals surface area (Å²) < 4.78 is 24.4. The first-order chi connectivity index (χ1) is 8.45. The van der Waals surface area contributed by atoms with Gasteiger partial charge in [0.15, 0.2) is 0 Å². The third-order valence-electron chi connectivity index (χ3n) is 4.02. The lowest BCUT2D eigenvalue weighted by Crippen LogP contribution is -2.51. The lowest BCUT2D eigenvalue weighted by Gasteiger charge is -2.36. The van der Waals surface area contributed by atoms with Gasteiger partial charge in [-0.25, -0.2) is 12.7 Å². The standard InChI is InChI=1S/C12H25N3O2S/c1-14-7-3-4-12(10-14)13-11-5-8-15(9-6-11)18(2,16)17/h11-13H,3-10H2,1-2H3. The molecule has 6 heteroatoms. The molecule has 2 heterocycles. The maximum atomic E-state index is 11.4. The van der Waals surface area contributed by atoms with Gasteiger partial charge in [-0.3, -0.25) is 0 Å². The first-order valence-corrected chi connectivity index (χ1v) is 8.69. The van der Waals surface area contributed by atoms with Crippen LogP contribution in [0.2, 0.25) is 0 Å². The molecule has 1 atom stereocenters. The van der Waals surface area contributed by atoms with Gasteiger partial charge in [0, 0.05) is 31.7 Å². The Morgan fingerprint density at radius 1 is 1.06 bits per heavy atom. The lowest BCUT2D eigenvalue weighted by atomic mass is 10.0. The van der Waals surface area contributed by atoms with Crippen LogP contribution in [0.1, 0.15) is 25.7 Å². The fourth-order valence-corrected chi connectivity index (χ4v) is 3.86. The minimum atomic E-state index is -2.99. The van der Waals surface area contributed by atoms with Crippen molar-refractivity contribution < 1.29 is 8.42 Å². The average molecular weight is 275 g/mol. The molecule has 0 amide bonds. The van der Waals surface area contributed by atoms with Crippen molar-refractivity contribution in [3.8, 4) is 0 Å². The number of hydrogen-bond acceptors (Lipinski definition) is 4. The van der Waals surface area contributed by atoms with E-state index in [2.05, 4.69) is 17.3 Å². The Morgan fingerprint density at radius 2 is 1.72 bits per heavy atom. The molecule has 2 aliphatic rings. The van der Waals surface area contributed by atoms with E-state index in [0.717, 1.165) is 19.4 Å². The summed E-state index contributed by atoms with van der Waals surface area (Å²) in [6, 6.07) is 1.07. The fraction of sp³-hybridized carbons (Fsp3) is 1.00. The normalized spacial score (nSPS) is 29.6. The Bertz CT molecular complexity index is 364. The van der Waals surface area contributed by atoms with Gasteiger partial charge in [0.25, 0.3) is 0 Å². The molecule has 1 N–H and O–H groups in total. The lowest BCUT2D eigenvalue weighted by molar-refractivity contribution is 0.196. The van der Waals surface area contributed by atoms with Crippen LogP contribution < -0.4 is 5.32 Å². The van der Waals surface area contributed by atoms with E-state index in [4.69, 9.17) is 0 Å². The monoisotopic (exact) mass is 275 g/mol. The molecule has 0 aromatic rings. The van der Waals surface area contributed by atoms with Crippen LogP contribution in [0.15, 0.2) is 0 Å². The highest BCUT2D eigenvalue weighted by atomic mass is 32.2. The number of piperidine rings is 2. The van der Waals surface area contributed by atoms with E-state index in [-0.39, 0.29) is 0 Å². The summed E-state index contributed by atoms with van der Waals surface area (Å²) in [5.41, 5.74) is 0. The number of sulfonamides is 1. The molecule has 2 rings (SSSR count). The summed E-state index contributed by atoms with van der Waals surface area (Å²) in [6.07, 6.45) is 5.68. The molecule has 0 bridgehead atoms. The van der Waals surface area contributed by atoms with Crippen molar-refractivity contribution in [3.63, 3.8) is 0 Å². The zero-order chi connectivity index (χ0) is 13.2. The summed E-state index contributed by atoms with van der Waals surface area (Å²) in [4.78, 5) is 2.37. The molecule has 0 saturated carbocycles. The first-order valence-electron chi connectivity index (χ1n) is 6.85. The van der Waals surface area contributed by atoms with Gasteiger partial charge in [0.1, 0.15) is 0 Å². The molecule has 5 nitrogen and oxygen atoms in total. The Labute approximate surface area is 111 Å². The van der Waals surface area contributed by atoms with Crippen LogP contribution in [0.5, 0.6) is 0 Å². The van der Waals surface area contributed by atoms with Gasteiger partial charge >= 0.3 is 0 Å². The zero-order valence-electron chi connectivity index (χ0n) is 11.4. The Morgan fingerprint density at radius 3 is 2.28 bits per heavy atom. The predicted molar refractivity (Wildman–Crippen MR) is 73.1 cm³/mol. The van der Waals surface area contributed by atoms with E-state index in [0.29, 0.717) is 25.2 Å². The highest BCUT2D eigenvalue weighted by Gasteiger charge is 2.27. The molecule has 106 valence electrons. The second kappa shape index (κ2) is 5.86. The molecule has 2 fully saturated rings. The van der Waals surface area contributed by atoms with Crippen molar-refractivity contribution in [3.05, 3.63) is 0 Å². The fourth-order valence-electron chi connectivity index (χ4n) is 2.99. The molecule has 0 aliphatic carbocycles. The van der Waals surface area contributed by atoms with Crippen molar-refractivity contribution in [2.45, 2.75) is 37.8 Å². The largest absolute Gasteiger partial charge is 0.310 e. The summed E-state index contributed by atoms with van der Waals surface area (Å²) in [7, 11) is -0.827. The van der Waals surface area contributed by atoms with Crippen LogP contribution in [-0.4, -0.2) is 69.2 Å².